The third-order valence-corrected chi connectivity index (χ3v) is 5.38. The minimum atomic E-state index is -0.531. The fourth-order valence-electron chi connectivity index (χ4n) is 3.37. The highest BCUT2D eigenvalue weighted by Crippen LogP contribution is 2.16. The summed E-state index contributed by atoms with van der Waals surface area (Å²) in [5.74, 6) is 0.350. The molecule has 0 unspecified atom stereocenters. The lowest BCUT2D eigenvalue weighted by atomic mass is 10.1. The zero-order chi connectivity index (χ0) is 22.6. The topological polar surface area (TPSA) is 58.6 Å². The van der Waals surface area contributed by atoms with Gasteiger partial charge in [0.1, 0.15) is 11.8 Å². The highest BCUT2D eigenvalue weighted by atomic mass is 16.5. The summed E-state index contributed by atoms with van der Waals surface area (Å²) in [6, 6.07) is 15.3. The number of hydrogen-bond acceptors (Lipinski definition) is 3. The molecule has 5 heteroatoms. The molecule has 0 aliphatic carbocycles. The van der Waals surface area contributed by atoms with Crippen LogP contribution in [-0.4, -0.2) is 35.9 Å². The minimum absolute atomic E-state index is 0.101. The largest absolute Gasteiger partial charge is 0.484 e. The van der Waals surface area contributed by atoms with Crippen LogP contribution in [0.15, 0.2) is 48.5 Å². The van der Waals surface area contributed by atoms with E-state index < -0.39 is 6.04 Å². The molecule has 0 heterocycles. The number of unbranched alkanes of at least 4 members (excludes halogenated alkanes) is 1. The maximum Gasteiger partial charge on any atom is 0.261 e. The number of nitrogens with zero attached hydrogens (tertiary/aromatic N) is 1. The molecule has 168 valence electrons. The number of ether oxygens (including phenoxy) is 1. The summed E-state index contributed by atoms with van der Waals surface area (Å²) < 4.78 is 5.76. The van der Waals surface area contributed by atoms with Crippen molar-refractivity contribution in [2.24, 2.45) is 0 Å². The van der Waals surface area contributed by atoms with Crippen LogP contribution >= 0.6 is 0 Å². The highest BCUT2D eigenvalue weighted by Gasteiger charge is 2.28. The lowest BCUT2D eigenvalue weighted by Gasteiger charge is -2.30. The van der Waals surface area contributed by atoms with E-state index in [-0.39, 0.29) is 18.4 Å². The van der Waals surface area contributed by atoms with E-state index in [4.69, 9.17) is 4.74 Å². The first-order valence-corrected chi connectivity index (χ1v) is 11.3. The molecule has 0 aromatic heterocycles. The van der Waals surface area contributed by atoms with Gasteiger partial charge in [0.2, 0.25) is 5.91 Å². The van der Waals surface area contributed by atoms with Gasteiger partial charge in [-0.25, -0.2) is 0 Å². The van der Waals surface area contributed by atoms with Gasteiger partial charge in [0.05, 0.1) is 0 Å². The molecule has 2 aromatic rings. The Bertz CT molecular complexity index is 816. The Morgan fingerprint density at radius 2 is 1.61 bits per heavy atom. The van der Waals surface area contributed by atoms with Crippen molar-refractivity contribution >= 4 is 11.8 Å². The van der Waals surface area contributed by atoms with Gasteiger partial charge in [0, 0.05) is 13.1 Å². The van der Waals surface area contributed by atoms with Crippen LogP contribution in [0.25, 0.3) is 0 Å². The van der Waals surface area contributed by atoms with Gasteiger partial charge >= 0.3 is 0 Å². The van der Waals surface area contributed by atoms with Crippen molar-refractivity contribution in [2.75, 3.05) is 13.2 Å². The molecule has 31 heavy (non-hydrogen) atoms. The number of nitrogens with one attached hydrogen (secondary N) is 1. The number of carbonyl (C=O) groups excluding carboxylic acids is 2. The van der Waals surface area contributed by atoms with Crippen molar-refractivity contribution in [3.8, 4) is 5.75 Å². The van der Waals surface area contributed by atoms with E-state index in [1.807, 2.05) is 62.4 Å². The van der Waals surface area contributed by atoms with Gasteiger partial charge in [-0.05, 0) is 49.4 Å². The average Bonchev–Trinajstić information content (AvgIpc) is 2.79. The van der Waals surface area contributed by atoms with Crippen LogP contribution in [0.1, 0.15) is 56.7 Å². The monoisotopic (exact) mass is 424 g/mol. The molecule has 0 saturated heterocycles. The van der Waals surface area contributed by atoms with Crippen LogP contribution in [0.4, 0.5) is 0 Å². The van der Waals surface area contributed by atoms with Crippen molar-refractivity contribution in [3.05, 3.63) is 65.2 Å². The number of hydrogen-bond donors (Lipinski definition) is 1. The van der Waals surface area contributed by atoms with Crippen LogP contribution in [0, 0.1) is 6.92 Å². The van der Waals surface area contributed by atoms with Crippen LogP contribution in [0.2, 0.25) is 0 Å². The fraction of sp³-hybridized carbons (Fsp3) is 0.462. The summed E-state index contributed by atoms with van der Waals surface area (Å²) in [5, 5.41) is 2.98. The average molecular weight is 425 g/mol. The summed E-state index contributed by atoms with van der Waals surface area (Å²) in [6.07, 6.45) is 3.42. The molecule has 0 aliphatic rings. The predicted octanol–water partition coefficient (Wildman–Crippen LogP) is 4.66. The second kappa shape index (κ2) is 12.8. The second-order valence-corrected chi connectivity index (χ2v) is 7.86. The molecule has 0 aliphatic heterocycles. The predicted molar refractivity (Wildman–Crippen MR) is 125 cm³/mol. The van der Waals surface area contributed by atoms with Gasteiger partial charge < -0.3 is 15.0 Å². The first kappa shape index (κ1) is 24.4. The number of amides is 2. The smallest absolute Gasteiger partial charge is 0.261 e. The lowest BCUT2D eigenvalue weighted by molar-refractivity contribution is -0.143. The number of benzene rings is 2. The molecule has 0 fully saturated rings. The third-order valence-electron chi connectivity index (χ3n) is 5.38. The zero-order valence-electron chi connectivity index (χ0n) is 19.3. The summed E-state index contributed by atoms with van der Waals surface area (Å²) >= 11 is 0. The second-order valence-electron chi connectivity index (χ2n) is 7.86. The maximum absolute atomic E-state index is 13.2. The Hall–Kier alpha value is -2.82. The number of rotatable bonds is 12. The van der Waals surface area contributed by atoms with Crippen LogP contribution in [0.5, 0.6) is 5.75 Å². The Kier molecular flexibility index (Phi) is 10.1. The quantitative estimate of drug-likeness (QED) is 0.504. The van der Waals surface area contributed by atoms with Crippen molar-refractivity contribution in [1.82, 2.24) is 10.2 Å². The van der Waals surface area contributed by atoms with Crippen molar-refractivity contribution in [2.45, 2.75) is 66.0 Å². The van der Waals surface area contributed by atoms with E-state index in [0.29, 0.717) is 25.3 Å². The third kappa shape index (κ3) is 7.74. The molecular weight excluding hydrogens is 388 g/mol. The van der Waals surface area contributed by atoms with E-state index in [1.54, 1.807) is 4.90 Å². The molecule has 2 rings (SSSR count). The molecule has 0 bridgehead atoms. The molecule has 0 radical (unpaired) electrons. The highest BCUT2D eigenvalue weighted by molar-refractivity contribution is 5.88. The van der Waals surface area contributed by atoms with Crippen LogP contribution in [0.3, 0.4) is 0 Å². The fourth-order valence-corrected chi connectivity index (χ4v) is 3.37. The Morgan fingerprint density at radius 1 is 0.968 bits per heavy atom. The zero-order valence-corrected chi connectivity index (χ0v) is 19.3. The van der Waals surface area contributed by atoms with Gasteiger partial charge in [-0.3, -0.25) is 9.59 Å². The Morgan fingerprint density at radius 3 is 2.19 bits per heavy atom. The first-order chi connectivity index (χ1) is 15.0. The first-order valence-electron chi connectivity index (χ1n) is 11.3. The lowest BCUT2D eigenvalue weighted by Crippen LogP contribution is -2.50. The van der Waals surface area contributed by atoms with Gasteiger partial charge in [0.25, 0.3) is 5.91 Å². The van der Waals surface area contributed by atoms with E-state index in [2.05, 4.69) is 19.2 Å². The number of carbonyl (C=O) groups is 2. The van der Waals surface area contributed by atoms with Gasteiger partial charge in [-0.1, -0.05) is 69.2 Å². The summed E-state index contributed by atoms with van der Waals surface area (Å²) in [7, 11) is 0. The van der Waals surface area contributed by atoms with Gasteiger partial charge in [0.15, 0.2) is 6.61 Å². The molecular formula is C26H36N2O3. The van der Waals surface area contributed by atoms with Crippen molar-refractivity contribution in [3.63, 3.8) is 0 Å². The maximum atomic E-state index is 13.2. The summed E-state index contributed by atoms with van der Waals surface area (Å²) in [4.78, 5) is 27.7. The van der Waals surface area contributed by atoms with E-state index >= 15 is 0 Å². The molecule has 2 aromatic carbocycles. The molecule has 1 N–H and O–H groups in total. The number of aryl methyl sites for hydroxylation is 2. The van der Waals surface area contributed by atoms with Crippen molar-refractivity contribution < 1.29 is 14.3 Å². The van der Waals surface area contributed by atoms with E-state index in [1.165, 1.54) is 5.56 Å². The van der Waals surface area contributed by atoms with Crippen LogP contribution < -0.4 is 10.1 Å². The normalized spacial score (nSPS) is 11.6. The van der Waals surface area contributed by atoms with Crippen LogP contribution in [-0.2, 0) is 22.6 Å². The van der Waals surface area contributed by atoms with Crippen molar-refractivity contribution in [1.29, 1.82) is 0 Å². The summed E-state index contributed by atoms with van der Waals surface area (Å²) in [6.45, 7) is 9.04. The van der Waals surface area contributed by atoms with Gasteiger partial charge in [-0.2, -0.15) is 0 Å². The Balaban J connectivity index is 2.14. The molecule has 2 amide bonds. The molecule has 5 nitrogen and oxygen atoms in total. The summed E-state index contributed by atoms with van der Waals surface area (Å²) in [5.41, 5.74) is 3.37. The Labute approximate surface area is 186 Å². The van der Waals surface area contributed by atoms with E-state index in [0.717, 1.165) is 30.4 Å². The van der Waals surface area contributed by atoms with Gasteiger partial charge in [-0.15, -0.1) is 0 Å². The molecule has 1 atom stereocenters. The SMILES string of the molecule is CCCCNC(=O)[C@H](CC)N(Cc1ccc(C)cc1)C(=O)COc1ccc(CC)cc1. The molecule has 0 saturated carbocycles. The van der Waals surface area contributed by atoms with E-state index in [9.17, 15) is 9.59 Å². The minimum Gasteiger partial charge on any atom is -0.484 e. The molecule has 0 spiro atoms. The standard InChI is InChI=1S/C26H36N2O3/c1-5-8-17-27-26(30)24(7-3)28(18-22-11-9-20(4)10-12-22)25(29)19-31-23-15-13-21(6-2)14-16-23/h9-16,24H,5-8,17-19H2,1-4H3,(H,27,30)/t24-/m0/s1.